The molecule has 0 aliphatic heterocycles. The Morgan fingerprint density at radius 3 is 2.45 bits per heavy atom. The van der Waals surface area contributed by atoms with Crippen LogP contribution in [-0.2, 0) is 6.61 Å². The number of halogens is 1. The minimum Gasteiger partial charge on any atom is -0.488 e. The average Bonchev–Trinajstić information content (AvgIpc) is 2.74. The van der Waals surface area contributed by atoms with Gasteiger partial charge in [-0.3, -0.25) is 14.9 Å². The summed E-state index contributed by atoms with van der Waals surface area (Å²) in [6.07, 6.45) is 1.51. The van der Waals surface area contributed by atoms with E-state index in [1.54, 1.807) is 0 Å². The number of nitrogens with one attached hydrogen (secondary N) is 1. The van der Waals surface area contributed by atoms with Crippen molar-refractivity contribution in [1.82, 2.24) is 5.43 Å². The fourth-order valence-electron chi connectivity index (χ4n) is 3.01. The third-order valence-corrected chi connectivity index (χ3v) is 4.73. The Balaban J connectivity index is 1.64. The minimum absolute atomic E-state index is 0.155. The summed E-state index contributed by atoms with van der Waals surface area (Å²) in [5, 5.41) is 15.5. The van der Waals surface area contributed by atoms with Crippen molar-refractivity contribution in [3.63, 3.8) is 0 Å². The molecule has 0 aliphatic rings. The first-order chi connectivity index (χ1) is 14.8. The van der Waals surface area contributed by atoms with Crippen molar-refractivity contribution in [1.29, 1.82) is 0 Å². The fourth-order valence-corrected chi connectivity index (χ4v) is 3.14. The average molecular weight is 438 g/mol. The predicted molar refractivity (Wildman–Crippen MR) is 120 cm³/mol. The summed E-state index contributed by atoms with van der Waals surface area (Å²) < 4.78 is 5.97. The molecule has 0 saturated carbocycles. The van der Waals surface area contributed by atoms with Gasteiger partial charge in [0.2, 0.25) is 0 Å². The summed E-state index contributed by atoms with van der Waals surface area (Å²) in [6, 6.07) is 16.7. The van der Waals surface area contributed by atoms with Crippen LogP contribution in [0.25, 0.3) is 0 Å². The molecule has 0 atom stereocenters. The molecule has 0 spiro atoms. The van der Waals surface area contributed by atoms with Crippen LogP contribution in [0.4, 0.5) is 5.69 Å². The van der Waals surface area contributed by atoms with E-state index in [9.17, 15) is 14.9 Å². The Morgan fingerprint density at radius 1 is 1.13 bits per heavy atom. The number of hydrogen-bond acceptors (Lipinski definition) is 5. The largest absolute Gasteiger partial charge is 0.488 e. The lowest BCUT2D eigenvalue weighted by Gasteiger charge is -2.13. The van der Waals surface area contributed by atoms with Crippen molar-refractivity contribution in [2.24, 2.45) is 5.10 Å². The van der Waals surface area contributed by atoms with E-state index in [4.69, 9.17) is 16.3 Å². The smallest absolute Gasteiger partial charge is 0.271 e. The molecular formula is C23H20ClN3O4. The Kier molecular flexibility index (Phi) is 6.99. The zero-order chi connectivity index (χ0) is 22.4. The van der Waals surface area contributed by atoms with Crippen LogP contribution in [0.5, 0.6) is 5.75 Å². The number of carbonyl (C=O) groups excluding carboxylic acids is 1. The van der Waals surface area contributed by atoms with Crippen LogP contribution in [0.15, 0.2) is 65.8 Å². The molecule has 0 saturated heterocycles. The van der Waals surface area contributed by atoms with E-state index >= 15 is 0 Å². The fraction of sp³-hybridized carbons (Fsp3) is 0.130. The normalized spacial score (nSPS) is 10.8. The molecule has 7 nitrogen and oxygen atoms in total. The van der Waals surface area contributed by atoms with Crippen LogP contribution in [-0.4, -0.2) is 17.0 Å². The van der Waals surface area contributed by atoms with E-state index in [0.717, 1.165) is 28.0 Å². The number of rotatable bonds is 7. The third kappa shape index (κ3) is 5.90. The maximum Gasteiger partial charge on any atom is 0.271 e. The molecule has 31 heavy (non-hydrogen) atoms. The first-order valence-electron chi connectivity index (χ1n) is 9.40. The molecule has 0 bridgehead atoms. The van der Waals surface area contributed by atoms with E-state index in [2.05, 4.69) is 10.5 Å². The van der Waals surface area contributed by atoms with Crippen molar-refractivity contribution >= 4 is 29.4 Å². The number of nitrogens with zero attached hydrogens (tertiary/aromatic N) is 2. The number of hydrazone groups is 1. The minimum atomic E-state index is -0.553. The molecule has 3 aromatic rings. The highest BCUT2D eigenvalue weighted by atomic mass is 35.5. The first-order valence-corrected chi connectivity index (χ1v) is 9.77. The van der Waals surface area contributed by atoms with E-state index in [1.807, 2.05) is 50.2 Å². The summed E-state index contributed by atoms with van der Waals surface area (Å²) >= 11 is 5.91. The van der Waals surface area contributed by atoms with Gasteiger partial charge in [-0.25, -0.2) is 5.43 Å². The second kappa shape index (κ2) is 9.86. The number of non-ortho nitro benzene ring substituents is 1. The van der Waals surface area contributed by atoms with Gasteiger partial charge in [0, 0.05) is 22.7 Å². The van der Waals surface area contributed by atoms with Crippen LogP contribution in [0, 0.1) is 24.0 Å². The van der Waals surface area contributed by atoms with Gasteiger partial charge in [0.25, 0.3) is 11.6 Å². The van der Waals surface area contributed by atoms with Crippen LogP contribution in [0.3, 0.4) is 0 Å². The number of carbonyl (C=O) groups is 1. The van der Waals surface area contributed by atoms with Gasteiger partial charge in [-0.05, 0) is 66.4 Å². The van der Waals surface area contributed by atoms with Gasteiger partial charge in [0.1, 0.15) is 12.4 Å². The Morgan fingerprint density at radius 2 is 1.81 bits per heavy atom. The van der Waals surface area contributed by atoms with Crippen LogP contribution in [0.2, 0.25) is 5.02 Å². The van der Waals surface area contributed by atoms with E-state index in [1.165, 1.54) is 30.5 Å². The molecule has 1 N–H and O–H groups in total. The summed E-state index contributed by atoms with van der Waals surface area (Å²) in [5.74, 6) is 0.254. The molecule has 3 aromatic carbocycles. The van der Waals surface area contributed by atoms with Crippen LogP contribution >= 0.6 is 11.6 Å². The summed E-state index contributed by atoms with van der Waals surface area (Å²) in [6.45, 7) is 4.29. The molecule has 0 heterocycles. The van der Waals surface area contributed by atoms with E-state index in [0.29, 0.717) is 11.6 Å². The zero-order valence-electron chi connectivity index (χ0n) is 17.0. The SMILES string of the molecule is Cc1cc(/C=N\NC(=O)c2cccc([N+](=O)[O-])c2)cc(C)c1OCc1ccc(Cl)cc1. The molecule has 0 unspecified atom stereocenters. The van der Waals surface area contributed by atoms with Crippen molar-refractivity contribution in [2.75, 3.05) is 0 Å². The lowest BCUT2D eigenvalue weighted by atomic mass is 10.1. The third-order valence-electron chi connectivity index (χ3n) is 4.48. The van der Waals surface area contributed by atoms with Crippen LogP contribution in [0.1, 0.15) is 32.6 Å². The molecule has 0 aromatic heterocycles. The zero-order valence-corrected chi connectivity index (χ0v) is 17.7. The van der Waals surface area contributed by atoms with Gasteiger partial charge in [-0.1, -0.05) is 29.8 Å². The lowest BCUT2D eigenvalue weighted by molar-refractivity contribution is -0.384. The number of amides is 1. The Bertz CT molecular complexity index is 1120. The molecule has 0 fully saturated rings. The van der Waals surface area contributed by atoms with E-state index < -0.39 is 10.8 Å². The standard InChI is InChI=1S/C23H20ClN3O4/c1-15-10-18(11-16(2)22(15)31-14-17-6-8-20(24)9-7-17)13-25-26-23(28)19-4-3-5-21(12-19)27(29)30/h3-13H,14H2,1-2H3,(H,26,28)/b25-13-. The molecule has 0 aliphatic carbocycles. The molecular weight excluding hydrogens is 418 g/mol. The van der Waals surface area contributed by atoms with E-state index in [-0.39, 0.29) is 11.3 Å². The second-order valence-corrected chi connectivity index (χ2v) is 7.34. The summed E-state index contributed by atoms with van der Waals surface area (Å²) in [7, 11) is 0. The number of hydrogen-bond donors (Lipinski definition) is 1. The maximum atomic E-state index is 12.2. The van der Waals surface area contributed by atoms with Crippen LogP contribution < -0.4 is 10.2 Å². The monoisotopic (exact) mass is 437 g/mol. The first kappa shape index (κ1) is 22.0. The Hall–Kier alpha value is -3.71. The summed E-state index contributed by atoms with van der Waals surface area (Å²) in [5.41, 5.74) is 6.04. The summed E-state index contributed by atoms with van der Waals surface area (Å²) in [4.78, 5) is 22.4. The molecule has 158 valence electrons. The highest BCUT2D eigenvalue weighted by Gasteiger charge is 2.11. The topological polar surface area (TPSA) is 93.8 Å². The van der Waals surface area contributed by atoms with Gasteiger partial charge in [-0.15, -0.1) is 0 Å². The van der Waals surface area contributed by atoms with Crippen molar-refractivity contribution < 1.29 is 14.5 Å². The molecule has 0 radical (unpaired) electrons. The van der Waals surface area contributed by atoms with Crippen molar-refractivity contribution in [3.8, 4) is 5.75 Å². The van der Waals surface area contributed by atoms with Crippen molar-refractivity contribution in [2.45, 2.75) is 20.5 Å². The molecule has 8 heteroatoms. The number of benzene rings is 3. The Labute approximate surface area is 184 Å². The quantitative estimate of drug-likeness (QED) is 0.312. The second-order valence-electron chi connectivity index (χ2n) is 6.91. The van der Waals surface area contributed by atoms with Crippen molar-refractivity contribution in [3.05, 3.63) is 104 Å². The van der Waals surface area contributed by atoms with Gasteiger partial charge >= 0.3 is 0 Å². The lowest BCUT2D eigenvalue weighted by Crippen LogP contribution is -2.17. The highest BCUT2D eigenvalue weighted by Crippen LogP contribution is 2.25. The maximum absolute atomic E-state index is 12.2. The van der Waals surface area contributed by atoms with Gasteiger partial charge in [0.15, 0.2) is 0 Å². The molecule has 1 amide bonds. The number of nitro benzene ring substituents is 1. The number of nitro groups is 1. The molecule has 3 rings (SSSR count). The predicted octanol–water partition coefficient (Wildman–Crippen LogP) is 5.21. The number of aryl methyl sites for hydroxylation is 2. The van der Waals surface area contributed by atoms with Gasteiger partial charge < -0.3 is 4.74 Å². The number of ether oxygens (including phenoxy) is 1. The van der Waals surface area contributed by atoms with Gasteiger partial charge in [0.05, 0.1) is 11.1 Å². The highest BCUT2D eigenvalue weighted by molar-refractivity contribution is 6.30. The van der Waals surface area contributed by atoms with Gasteiger partial charge in [-0.2, -0.15) is 5.10 Å².